The molecule has 2 nitrogen and oxygen atoms in total. The van der Waals surface area contributed by atoms with Crippen LogP contribution in [0.3, 0.4) is 0 Å². The van der Waals surface area contributed by atoms with E-state index in [2.05, 4.69) is 32.4 Å². The van der Waals surface area contributed by atoms with Gasteiger partial charge in [0.25, 0.3) is 0 Å². The van der Waals surface area contributed by atoms with Gasteiger partial charge in [-0.15, -0.1) is 19.1 Å². The van der Waals surface area contributed by atoms with Crippen LogP contribution in [0, 0.1) is 19.3 Å². The van der Waals surface area contributed by atoms with Crippen LogP contribution in [0.25, 0.3) is 0 Å². The molecule has 19 heavy (non-hydrogen) atoms. The average molecular weight is 278 g/mol. The number of rotatable bonds is 2. The van der Waals surface area contributed by atoms with Crippen molar-refractivity contribution in [3.8, 4) is 12.3 Å². The highest BCUT2D eigenvalue weighted by molar-refractivity contribution is 7.80. The summed E-state index contributed by atoms with van der Waals surface area (Å²) in [6.07, 6.45) is 8.25. The molecule has 1 fully saturated rings. The fourth-order valence-electron chi connectivity index (χ4n) is 1.93. The van der Waals surface area contributed by atoms with Crippen molar-refractivity contribution < 1.29 is 9.84 Å². The molecule has 2 atom stereocenters. The molecule has 0 spiro atoms. The number of hydrogen-bond donors (Lipinski definition) is 2. The highest BCUT2D eigenvalue weighted by atomic mass is 32.1. The third kappa shape index (κ3) is 4.91. The zero-order valence-corrected chi connectivity index (χ0v) is 12.5. The van der Waals surface area contributed by atoms with Gasteiger partial charge in [-0.25, -0.2) is 0 Å². The molecule has 1 aliphatic heterocycles. The summed E-state index contributed by atoms with van der Waals surface area (Å²) in [4.78, 5) is 1.02. The Balaban J connectivity index is 0.000000200. The average Bonchev–Trinajstić information content (AvgIpc) is 2.87. The quantitative estimate of drug-likeness (QED) is 0.642. The second-order valence-electron chi connectivity index (χ2n) is 4.82. The van der Waals surface area contributed by atoms with E-state index in [1.165, 1.54) is 5.56 Å². The van der Waals surface area contributed by atoms with Crippen molar-refractivity contribution in [2.75, 3.05) is 6.61 Å². The molecule has 1 aromatic rings. The zero-order valence-electron chi connectivity index (χ0n) is 11.6. The van der Waals surface area contributed by atoms with Crippen LogP contribution in [0.1, 0.15) is 31.7 Å². The van der Waals surface area contributed by atoms with E-state index in [-0.39, 0.29) is 12.7 Å². The Morgan fingerprint density at radius 3 is 2.42 bits per heavy atom. The van der Waals surface area contributed by atoms with E-state index in [0.29, 0.717) is 0 Å². The second-order valence-corrected chi connectivity index (χ2v) is 5.34. The Hall–Kier alpha value is -0.950. The van der Waals surface area contributed by atoms with Gasteiger partial charge in [0, 0.05) is 4.90 Å². The molecule has 1 unspecified atom stereocenters. The maximum absolute atomic E-state index is 8.96. The second kappa shape index (κ2) is 7.59. The first-order chi connectivity index (χ1) is 9.05. The van der Waals surface area contributed by atoms with Gasteiger partial charge in [0.1, 0.15) is 0 Å². The van der Waals surface area contributed by atoms with Crippen molar-refractivity contribution >= 4 is 12.6 Å². The molecule has 3 heteroatoms. The first kappa shape index (κ1) is 16.1. The minimum absolute atomic E-state index is 0.0556. The van der Waals surface area contributed by atoms with Crippen molar-refractivity contribution in [1.29, 1.82) is 0 Å². The van der Waals surface area contributed by atoms with Crippen molar-refractivity contribution in [3.63, 3.8) is 0 Å². The third-order valence-corrected chi connectivity index (χ3v) is 3.57. The van der Waals surface area contributed by atoms with Gasteiger partial charge >= 0.3 is 0 Å². The highest BCUT2D eigenvalue weighted by Crippen LogP contribution is 2.30. The molecule has 0 radical (unpaired) electrons. The maximum atomic E-state index is 8.96. The van der Waals surface area contributed by atoms with Gasteiger partial charge in [0.15, 0.2) is 5.60 Å². The Morgan fingerprint density at radius 1 is 1.47 bits per heavy atom. The molecule has 0 saturated carbocycles. The number of benzene rings is 1. The van der Waals surface area contributed by atoms with Gasteiger partial charge in [0.05, 0.1) is 12.7 Å². The molecule has 104 valence electrons. The zero-order chi connectivity index (χ0) is 14.3. The van der Waals surface area contributed by atoms with Crippen LogP contribution in [0.4, 0.5) is 0 Å². The summed E-state index contributed by atoms with van der Waals surface area (Å²) < 4.78 is 5.51. The fraction of sp³-hybridized carbons (Fsp3) is 0.500. The summed E-state index contributed by atoms with van der Waals surface area (Å²) in [7, 11) is 0. The van der Waals surface area contributed by atoms with Crippen LogP contribution in [-0.2, 0) is 4.74 Å². The molecule has 0 aromatic heterocycles. The van der Waals surface area contributed by atoms with Gasteiger partial charge in [-0.2, -0.15) is 0 Å². The maximum Gasteiger partial charge on any atom is 0.151 e. The topological polar surface area (TPSA) is 29.5 Å². The van der Waals surface area contributed by atoms with E-state index in [4.69, 9.17) is 16.3 Å². The minimum Gasteiger partial charge on any atom is -0.392 e. The first-order valence-electron chi connectivity index (χ1n) is 6.57. The molecule has 1 aromatic carbocycles. The number of thiol groups is 1. The molecule has 0 amide bonds. The third-order valence-electron chi connectivity index (χ3n) is 3.27. The summed E-state index contributed by atoms with van der Waals surface area (Å²) in [6, 6.07) is 8.06. The lowest BCUT2D eigenvalue weighted by molar-refractivity contribution is -0.0350. The molecule has 2 rings (SSSR count). The van der Waals surface area contributed by atoms with E-state index >= 15 is 0 Å². The lowest BCUT2D eigenvalue weighted by Crippen LogP contribution is -2.31. The van der Waals surface area contributed by atoms with Crippen LogP contribution >= 0.6 is 12.6 Å². The van der Waals surface area contributed by atoms with E-state index in [1.807, 2.05) is 24.3 Å². The lowest BCUT2D eigenvalue weighted by atomic mass is 10.0. The Labute approximate surface area is 121 Å². The highest BCUT2D eigenvalue weighted by Gasteiger charge is 2.37. The van der Waals surface area contributed by atoms with E-state index < -0.39 is 5.60 Å². The van der Waals surface area contributed by atoms with Gasteiger partial charge in [-0.05, 0) is 38.3 Å². The molecule has 1 saturated heterocycles. The number of aliphatic hydroxyl groups is 1. The van der Waals surface area contributed by atoms with E-state index in [1.54, 1.807) is 0 Å². The molecule has 1 N–H and O–H groups in total. The van der Waals surface area contributed by atoms with Crippen molar-refractivity contribution in [3.05, 3.63) is 29.8 Å². The van der Waals surface area contributed by atoms with Gasteiger partial charge < -0.3 is 9.84 Å². The number of ether oxygens (including phenoxy) is 1. The predicted octanol–water partition coefficient (Wildman–Crippen LogP) is 3.22. The molecule has 1 aliphatic rings. The monoisotopic (exact) mass is 278 g/mol. The number of aryl methyl sites for hydroxylation is 1. The summed E-state index contributed by atoms with van der Waals surface area (Å²) in [6.45, 7) is 4.07. The van der Waals surface area contributed by atoms with Crippen molar-refractivity contribution in [1.82, 2.24) is 0 Å². The lowest BCUT2D eigenvalue weighted by Gasteiger charge is -2.20. The fourth-order valence-corrected chi connectivity index (χ4v) is 2.08. The van der Waals surface area contributed by atoms with E-state index in [0.717, 1.165) is 24.2 Å². The Bertz CT molecular complexity index is 400. The van der Waals surface area contributed by atoms with Crippen LogP contribution < -0.4 is 0 Å². The number of terminal acetylenes is 1. The Kier molecular flexibility index (Phi) is 6.44. The van der Waals surface area contributed by atoms with Crippen molar-refractivity contribution in [2.24, 2.45) is 0 Å². The largest absolute Gasteiger partial charge is 0.392 e. The summed E-state index contributed by atoms with van der Waals surface area (Å²) in [5.41, 5.74) is 0.614. The summed E-state index contributed by atoms with van der Waals surface area (Å²) in [5, 5.41) is 8.96. The summed E-state index contributed by atoms with van der Waals surface area (Å²) in [5.74, 6) is 2.52. The number of hydrogen-bond acceptors (Lipinski definition) is 3. The molecular weight excluding hydrogens is 256 g/mol. The normalized spacial score (nSPS) is 25.3. The molecular formula is C16H22O2S. The van der Waals surface area contributed by atoms with Crippen molar-refractivity contribution in [2.45, 2.75) is 49.7 Å². The molecule has 1 heterocycles. The van der Waals surface area contributed by atoms with Gasteiger partial charge in [-0.3, -0.25) is 0 Å². The number of aliphatic hydroxyl groups excluding tert-OH is 1. The van der Waals surface area contributed by atoms with Crippen LogP contribution in [0.2, 0.25) is 0 Å². The summed E-state index contributed by atoms with van der Waals surface area (Å²) >= 11 is 4.13. The smallest absolute Gasteiger partial charge is 0.151 e. The standard InChI is InChI=1S/C9H14O2.C7H8S/c1-3-8-5-6-9(4-2,7-10)11-8;1-6-2-4-7(8)5-3-6/h2,8,10H,3,5-7H2,1H3;2-5,8H,1H3/t8?,9-;/m0./s1. The van der Waals surface area contributed by atoms with Gasteiger partial charge in [0.2, 0.25) is 0 Å². The predicted molar refractivity (Wildman–Crippen MR) is 81.5 cm³/mol. The first-order valence-corrected chi connectivity index (χ1v) is 7.02. The van der Waals surface area contributed by atoms with Crippen LogP contribution in [0.5, 0.6) is 0 Å². The van der Waals surface area contributed by atoms with E-state index in [9.17, 15) is 0 Å². The SMILES string of the molecule is C#C[C@@]1(CO)CCC(CC)O1.Cc1ccc(S)cc1. The minimum atomic E-state index is -0.666. The molecule has 0 bridgehead atoms. The van der Waals surface area contributed by atoms with Gasteiger partial charge in [-0.1, -0.05) is 30.5 Å². The Morgan fingerprint density at radius 2 is 2.11 bits per heavy atom. The molecule has 0 aliphatic carbocycles. The van der Waals surface area contributed by atoms with Crippen LogP contribution in [0.15, 0.2) is 29.2 Å². The van der Waals surface area contributed by atoms with Crippen LogP contribution in [-0.4, -0.2) is 23.4 Å².